The Morgan fingerprint density at radius 2 is 2.30 bits per heavy atom. The number of aliphatic hydroxyl groups excluding tert-OH is 2. The molecule has 0 bridgehead atoms. The zero-order valence-corrected chi connectivity index (χ0v) is 11.4. The van der Waals surface area contributed by atoms with E-state index in [2.05, 4.69) is 4.98 Å². The van der Waals surface area contributed by atoms with E-state index in [4.69, 9.17) is 9.84 Å². The van der Waals surface area contributed by atoms with Crippen molar-refractivity contribution in [3.8, 4) is 0 Å². The highest BCUT2D eigenvalue weighted by Gasteiger charge is 2.35. The quantitative estimate of drug-likeness (QED) is 0.786. The number of aliphatic hydroxyl groups is 2. The van der Waals surface area contributed by atoms with Crippen LogP contribution in [-0.2, 0) is 11.8 Å². The van der Waals surface area contributed by atoms with E-state index < -0.39 is 24.1 Å². The summed E-state index contributed by atoms with van der Waals surface area (Å²) < 4.78 is 8.72. The highest BCUT2D eigenvalue weighted by molar-refractivity contribution is 5.76. The molecule has 3 rings (SSSR count). The van der Waals surface area contributed by atoms with E-state index in [1.807, 2.05) is 24.6 Å². The van der Waals surface area contributed by atoms with E-state index >= 15 is 0 Å². The largest absolute Gasteiger partial charge is 0.394 e. The van der Waals surface area contributed by atoms with E-state index in [1.165, 1.54) is 4.57 Å². The Morgan fingerprint density at radius 3 is 2.95 bits per heavy atom. The van der Waals surface area contributed by atoms with Gasteiger partial charge >= 0.3 is 5.69 Å². The Labute approximate surface area is 115 Å². The first-order valence-electron chi connectivity index (χ1n) is 6.51. The number of rotatable bonds is 2. The fourth-order valence-electron chi connectivity index (χ4n) is 2.59. The Kier molecular flexibility index (Phi) is 3.12. The van der Waals surface area contributed by atoms with Gasteiger partial charge in [0.2, 0.25) is 0 Å². The molecule has 0 radical (unpaired) electrons. The molecule has 7 heteroatoms. The molecule has 3 atom stereocenters. The van der Waals surface area contributed by atoms with E-state index in [1.54, 1.807) is 6.20 Å². The number of nitrogens with zero attached hydrogens (tertiary/aromatic N) is 3. The number of fused-ring (bicyclic) bond motifs is 1. The monoisotopic (exact) mass is 279 g/mol. The standard InChI is InChI=1S/C13H17N3O4/c1-7-3-8-5-16(13(19)14-12(8)15(7)2)11-4-9(18)10(6-17)20-11/h3,5,9-11,17-18H,4,6H2,1-2H3/t9-,10+,11+/m0/s1. The highest BCUT2D eigenvalue weighted by Crippen LogP contribution is 2.28. The van der Waals surface area contributed by atoms with Crippen LogP contribution >= 0.6 is 0 Å². The molecule has 0 aliphatic carbocycles. The topological polar surface area (TPSA) is 89.5 Å². The summed E-state index contributed by atoms with van der Waals surface area (Å²) in [5, 5.41) is 19.7. The van der Waals surface area contributed by atoms with Crippen molar-refractivity contribution in [1.82, 2.24) is 14.1 Å². The molecule has 1 aliphatic heterocycles. The first-order chi connectivity index (χ1) is 9.51. The summed E-state index contributed by atoms with van der Waals surface area (Å²) in [6.45, 7) is 1.67. The van der Waals surface area contributed by atoms with Crippen LogP contribution in [-0.4, -0.2) is 43.1 Å². The van der Waals surface area contributed by atoms with Crippen LogP contribution in [0.15, 0.2) is 17.1 Å². The molecule has 3 heterocycles. The predicted octanol–water partition coefficient (Wildman–Crippen LogP) is -0.316. The molecule has 0 unspecified atom stereocenters. The molecule has 1 saturated heterocycles. The predicted molar refractivity (Wildman–Crippen MR) is 71.3 cm³/mol. The summed E-state index contributed by atoms with van der Waals surface area (Å²) in [5.74, 6) is 0. The number of hydrogen-bond acceptors (Lipinski definition) is 5. The normalized spacial score (nSPS) is 26.5. The maximum Gasteiger partial charge on any atom is 0.351 e. The molecular weight excluding hydrogens is 262 g/mol. The van der Waals surface area contributed by atoms with E-state index in [9.17, 15) is 9.90 Å². The van der Waals surface area contributed by atoms with Gasteiger partial charge in [-0.15, -0.1) is 0 Å². The lowest BCUT2D eigenvalue weighted by Crippen LogP contribution is -2.27. The molecular formula is C13H17N3O4. The Morgan fingerprint density at radius 1 is 1.55 bits per heavy atom. The molecule has 1 fully saturated rings. The summed E-state index contributed by atoms with van der Waals surface area (Å²) in [6, 6.07) is 1.94. The first kappa shape index (κ1) is 13.3. The third-order valence-corrected chi connectivity index (χ3v) is 3.86. The van der Waals surface area contributed by atoms with Gasteiger partial charge in [0.25, 0.3) is 0 Å². The van der Waals surface area contributed by atoms with Gasteiger partial charge in [-0.2, -0.15) is 4.98 Å². The zero-order chi connectivity index (χ0) is 14.4. The second-order valence-electron chi connectivity index (χ2n) is 5.17. The number of aryl methyl sites for hydroxylation is 2. The van der Waals surface area contributed by atoms with Crippen molar-refractivity contribution in [1.29, 1.82) is 0 Å². The van der Waals surface area contributed by atoms with Crippen LogP contribution in [0.25, 0.3) is 11.0 Å². The second kappa shape index (κ2) is 4.69. The van der Waals surface area contributed by atoms with Crippen molar-refractivity contribution < 1.29 is 14.9 Å². The minimum atomic E-state index is -0.773. The van der Waals surface area contributed by atoms with Crippen molar-refractivity contribution in [2.75, 3.05) is 6.61 Å². The van der Waals surface area contributed by atoms with Crippen LogP contribution in [0.5, 0.6) is 0 Å². The molecule has 20 heavy (non-hydrogen) atoms. The summed E-state index contributed by atoms with van der Waals surface area (Å²) in [6.07, 6.45) is -0.0591. The lowest BCUT2D eigenvalue weighted by molar-refractivity contribution is -0.0457. The van der Waals surface area contributed by atoms with Crippen LogP contribution in [0, 0.1) is 6.92 Å². The molecule has 108 valence electrons. The van der Waals surface area contributed by atoms with Gasteiger partial charge < -0.3 is 19.5 Å². The third-order valence-electron chi connectivity index (χ3n) is 3.86. The maximum atomic E-state index is 12.1. The fraction of sp³-hybridized carbons (Fsp3) is 0.538. The molecule has 2 N–H and O–H groups in total. The van der Waals surface area contributed by atoms with Gasteiger partial charge in [0.15, 0.2) is 0 Å². The minimum absolute atomic E-state index is 0.268. The van der Waals surface area contributed by atoms with E-state index in [0.717, 1.165) is 11.1 Å². The van der Waals surface area contributed by atoms with Crippen LogP contribution < -0.4 is 5.69 Å². The van der Waals surface area contributed by atoms with Crippen molar-refractivity contribution in [2.45, 2.75) is 31.8 Å². The van der Waals surface area contributed by atoms with Crippen molar-refractivity contribution in [2.24, 2.45) is 7.05 Å². The van der Waals surface area contributed by atoms with E-state index in [-0.39, 0.29) is 13.0 Å². The number of hydrogen-bond donors (Lipinski definition) is 2. The average Bonchev–Trinajstić information content (AvgIpc) is 2.91. The Balaban J connectivity index is 2.05. The highest BCUT2D eigenvalue weighted by atomic mass is 16.5. The summed E-state index contributed by atoms with van der Waals surface area (Å²) in [7, 11) is 1.85. The molecule has 0 amide bonds. The maximum absolute atomic E-state index is 12.1. The molecule has 0 saturated carbocycles. The van der Waals surface area contributed by atoms with Crippen LogP contribution in [0.2, 0.25) is 0 Å². The minimum Gasteiger partial charge on any atom is -0.394 e. The SMILES string of the molecule is Cc1cc2cn([C@H]3C[C@H](O)[C@@H](CO)O3)c(=O)nc2n1C. The second-order valence-corrected chi connectivity index (χ2v) is 5.17. The molecule has 0 spiro atoms. The molecule has 2 aromatic heterocycles. The van der Waals surface area contributed by atoms with Gasteiger partial charge in [-0.05, 0) is 13.0 Å². The van der Waals surface area contributed by atoms with Gasteiger partial charge in [-0.25, -0.2) is 4.79 Å². The Hall–Kier alpha value is -1.70. The van der Waals surface area contributed by atoms with E-state index in [0.29, 0.717) is 5.65 Å². The molecule has 7 nitrogen and oxygen atoms in total. The summed E-state index contributed by atoms with van der Waals surface area (Å²) >= 11 is 0. The molecule has 0 aromatic carbocycles. The first-order valence-corrected chi connectivity index (χ1v) is 6.51. The van der Waals surface area contributed by atoms with Gasteiger partial charge in [0.1, 0.15) is 18.0 Å². The van der Waals surface area contributed by atoms with Crippen molar-refractivity contribution in [3.63, 3.8) is 0 Å². The van der Waals surface area contributed by atoms with Gasteiger partial charge in [-0.3, -0.25) is 4.57 Å². The van der Waals surface area contributed by atoms with Crippen molar-refractivity contribution in [3.05, 3.63) is 28.4 Å². The van der Waals surface area contributed by atoms with Crippen LogP contribution in [0.4, 0.5) is 0 Å². The van der Waals surface area contributed by atoms with Gasteiger partial charge in [0.05, 0.1) is 12.7 Å². The number of ether oxygens (including phenoxy) is 1. The average molecular weight is 279 g/mol. The summed E-state index contributed by atoms with van der Waals surface area (Å²) in [5.41, 5.74) is 1.21. The lowest BCUT2D eigenvalue weighted by Gasteiger charge is -2.14. The third kappa shape index (κ3) is 1.94. The Bertz CT molecular complexity index is 705. The molecule has 2 aromatic rings. The zero-order valence-electron chi connectivity index (χ0n) is 11.4. The fourth-order valence-corrected chi connectivity index (χ4v) is 2.59. The van der Waals surface area contributed by atoms with Crippen molar-refractivity contribution >= 4 is 11.0 Å². The van der Waals surface area contributed by atoms with Gasteiger partial charge in [0, 0.05) is 30.7 Å². The van der Waals surface area contributed by atoms with Gasteiger partial charge in [-0.1, -0.05) is 0 Å². The lowest BCUT2D eigenvalue weighted by atomic mass is 10.2. The summed E-state index contributed by atoms with van der Waals surface area (Å²) in [4.78, 5) is 16.2. The van der Waals surface area contributed by atoms with Crippen LogP contribution in [0.1, 0.15) is 18.3 Å². The molecule has 1 aliphatic rings. The smallest absolute Gasteiger partial charge is 0.351 e. The van der Waals surface area contributed by atoms with Crippen LogP contribution in [0.3, 0.4) is 0 Å². The number of aromatic nitrogens is 3.